The molecule has 1 aromatic carbocycles. The number of aliphatic hydroxyl groups is 1. The van der Waals surface area contributed by atoms with Crippen LogP contribution in [-0.4, -0.2) is 24.5 Å². The molecule has 13 heavy (non-hydrogen) atoms. The number of alkyl halides is 1. The van der Waals surface area contributed by atoms with Crippen LogP contribution < -0.4 is 4.74 Å². The van der Waals surface area contributed by atoms with Crippen molar-refractivity contribution >= 4 is 0 Å². The number of aliphatic hydroxyl groups excluding tert-OH is 1. The van der Waals surface area contributed by atoms with Gasteiger partial charge in [0.15, 0.2) is 0 Å². The van der Waals surface area contributed by atoms with Crippen LogP contribution in [0, 0.1) is 0 Å². The van der Waals surface area contributed by atoms with E-state index in [0.717, 1.165) is 0 Å². The van der Waals surface area contributed by atoms with Crippen LogP contribution >= 0.6 is 0 Å². The van der Waals surface area contributed by atoms with Gasteiger partial charge in [0.05, 0.1) is 0 Å². The van der Waals surface area contributed by atoms with E-state index < -0.39 is 6.17 Å². The molecule has 0 amide bonds. The molecule has 3 heteroatoms. The second kappa shape index (κ2) is 5.54. The standard InChI is InChI=1S/C10H13FO2/c11-9(6-7-12)8-13-10-4-2-1-3-5-10/h1-5,9,12H,6-8H2. The van der Waals surface area contributed by atoms with Gasteiger partial charge in [-0.25, -0.2) is 4.39 Å². The number of benzene rings is 1. The summed E-state index contributed by atoms with van der Waals surface area (Å²) in [6, 6.07) is 9.06. The Hall–Kier alpha value is -1.09. The fourth-order valence-electron chi connectivity index (χ4n) is 0.927. The van der Waals surface area contributed by atoms with Gasteiger partial charge in [-0.2, -0.15) is 0 Å². The summed E-state index contributed by atoms with van der Waals surface area (Å²) in [6.07, 6.45) is -0.961. The van der Waals surface area contributed by atoms with Crippen LogP contribution in [0.25, 0.3) is 0 Å². The number of hydrogen-bond acceptors (Lipinski definition) is 2. The van der Waals surface area contributed by atoms with Gasteiger partial charge in [0, 0.05) is 13.0 Å². The fourth-order valence-corrected chi connectivity index (χ4v) is 0.927. The van der Waals surface area contributed by atoms with Crippen molar-refractivity contribution in [3.05, 3.63) is 30.3 Å². The van der Waals surface area contributed by atoms with Gasteiger partial charge in [-0.1, -0.05) is 18.2 Å². The first-order chi connectivity index (χ1) is 6.33. The maximum atomic E-state index is 12.8. The summed E-state index contributed by atoms with van der Waals surface area (Å²) in [5.74, 6) is 0.656. The summed E-state index contributed by atoms with van der Waals surface area (Å²) in [7, 11) is 0. The van der Waals surface area contributed by atoms with Crippen molar-refractivity contribution in [2.24, 2.45) is 0 Å². The molecule has 0 aromatic heterocycles. The van der Waals surface area contributed by atoms with Gasteiger partial charge in [0.2, 0.25) is 0 Å². The lowest BCUT2D eigenvalue weighted by molar-refractivity contribution is 0.157. The van der Waals surface area contributed by atoms with Gasteiger partial charge in [-0.15, -0.1) is 0 Å². The Kier molecular flexibility index (Phi) is 4.26. The molecule has 0 aliphatic carbocycles. The van der Waals surface area contributed by atoms with Gasteiger partial charge in [0.25, 0.3) is 0 Å². The van der Waals surface area contributed by atoms with E-state index in [9.17, 15) is 4.39 Å². The zero-order chi connectivity index (χ0) is 9.52. The van der Waals surface area contributed by atoms with Crippen LogP contribution in [0.2, 0.25) is 0 Å². The highest BCUT2D eigenvalue weighted by Crippen LogP contribution is 2.09. The Morgan fingerprint density at radius 1 is 1.31 bits per heavy atom. The highest BCUT2D eigenvalue weighted by atomic mass is 19.1. The molecule has 0 saturated heterocycles. The van der Waals surface area contributed by atoms with Crippen LogP contribution in [0.5, 0.6) is 5.75 Å². The molecule has 1 aromatic rings. The lowest BCUT2D eigenvalue weighted by atomic mass is 10.3. The molecule has 0 bridgehead atoms. The molecule has 0 spiro atoms. The molecule has 0 fully saturated rings. The summed E-state index contributed by atoms with van der Waals surface area (Å²) in [4.78, 5) is 0. The smallest absolute Gasteiger partial charge is 0.136 e. The first kappa shape index (κ1) is 9.99. The predicted molar refractivity (Wildman–Crippen MR) is 48.5 cm³/mol. The van der Waals surface area contributed by atoms with Crippen LogP contribution in [0.15, 0.2) is 30.3 Å². The number of para-hydroxylation sites is 1. The molecule has 1 N–H and O–H groups in total. The van der Waals surface area contributed by atoms with Gasteiger partial charge < -0.3 is 9.84 Å². The van der Waals surface area contributed by atoms with E-state index in [1.807, 2.05) is 18.2 Å². The molecule has 2 nitrogen and oxygen atoms in total. The number of rotatable bonds is 5. The van der Waals surface area contributed by atoms with E-state index in [1.165, 1.54) is 0 Å². The molecular formula is C10H13FO2. The van der Waals surface area contributed by atoms with Crippen molar-refractivity contribution < 1.29 is 14.2 Å². The second-order valence-electron chi connectivity index (χ2n) is 2.73. The van der Waals surface area contributed by atoms with E-state index in [2.05, 4.69) is 0 Å². The molecular weight excluding hydrogens is 171 g/mol. The summed E-state index contributed by atoms with van der Waals surface area (Å²) in [5, 5.41) is 8.44. The normalized spacial score (nSPS) is 12.5. The topological polar surface area (TPSA) is 29.5 Å². The minimum atomic E-state index is -1.09. The molecule has 0 saturated carbocycles. The quantitative estimate of drug-likeness (QED) is 0.755. The molecule has 0 heterocycles. The van der Waals surface area contributed by atoms with E-state index in [-0.39, 0.29) is 19.6 Å². The number of ether oxygens (including phenoxy) is 1. The zero-order valence-corrected chi connectivity index (χ0v) is 7.32. The van der Waals surface area contributed by atoms with Crippen LogP contribution in [0.3, 0.4) is 0 Å². The van der Waals surface area contributed by atoms with Crippen LogP contribution in [0.1, 0.15) is 6.42 Å². The van der Waals surface area contributed by atoms with Gasteiger partial charge in [-0.3, -0.25) is 0 Å². The molecule has 0 radical (unpaired) electrons. The molecule has 1 unspecified atom stereocenters. The third kappa shape index (κ3) is 3.90. The molecule has 1 rings (SSSR count). The molecule has 0 aliphatic heterocycles. The van der Waals surface area contributed by atoms with Crippen LogP contribution in [-0.2, 0) is 0 Å². The molecule has 0 aliphatic rings. The Labute approximate surface area is 77.0 Å². The Bertz CT molecular complexity index is 226. The zero-order valence-electron chi connectivity index (χ0n) is 7.32. The van der Waals surface area contributed by atoms with E-state index in [1.54, 1.807) is 12.1 Å². The first-order valence-corrected chi connectivity index (χ1v) is 4.25. The minimum Gasteiger partial charge on any atom is -0.491 e. The van der Waals surface area contributed by atoms with Gasteiger partial charge >= 0.3 is 0 Å². The van der Waals surface area contributed by atoms with Crippen molar-refractivity contribution in [3.8, 4) is 5.75 Å². The number of hydrogen-bond donors (Lipinski definition) is 1. The summed E-state index contributed by atoms with van der Waals surface area (Å²) in [5.41, 5.74) is 0. The lowest BCUT2D eigenvalue weighted by Crippen LogP contribution is -2.14. The van der Waals surface area contributed by atoms with Crippen molar-refractivity contribution in [1.82, 2.24) is 0 Å². The van der Waals surface area contributed by atoms with Gasteiger partial charge in [0.1, 0.15) is 18.5 Å². The Balaban J connectivity index is 2.27. The van der Waals surface area contributed by atoms with Crippen molar-refractivity contribution in [3.63, 3.8) is 0 Å². The fraction of sp³-hybridized carbons (Fsp3) is 0.400. The third-order valence-electron chi connectivity index (χ3n) is 1.62. The first-order valence-electron chi connectivity index (χ1n) is 4.25. The average molecular weight is 184 g/mol. The van der Waals surface area contributed by atoms with E-state index >= 15 is 0 Å². The Morgan fingerprint density at radius 3 is 2.62 bits per heavy atom. The lowest BCUT2D eigenvalue weighted by Gasteiger charge is -2.08. The monoisotopic (exact) mass is 184 g/mol. The average Bonchev–Trinajstić information content (AvgIpc) is 2.17. The van der Waals surface area contributed by atoms with Crippen molar-refractivity contribution in [2.75, 3.05) is 13.2 Å². The Morgan fingerprint density at radius 2 is 2.00 bits per heavy atom. The largest absolute Gasteiger partial charge is 0.491 e. The second-order valence-corrected chi connectivity index (χ2v) is 2.73. The molecule has 72 valence electrons. The van der Waals surface area contributed by atoms with Crippen molar-refractivity contribution in [2.45, 2.75) is 12.6 Å². The van der Waals surface area contributed by atoms with Crippen molar-refractivity contribution in [1.29, 1.82) is 0 Å². The predicted octanol–water partition coefficient (Wildman–Crippen LogP) is 1.79. The summed E-state index contributed by atoms with van der Waals surface area (Å²) < 4.78 is 17.9. The van der Waals surface area contributed by atoms with E-state index in [0.29, 0.717) is 5.75 Å². The highest BCUT2D eigenvalue weighted by molar-refractivity contribution is 5.20. The minimum absolute atomic E-state index is 0.00454. The summed E-state index contributed by atoms with van der Waals surface area (Å²) in [6.45, 7) is -0.135. The maximum absolute atomic E-state index is 12.8. The highest BCUT2D eigenvalue weighted by Gasteiger charge is 2.05. The van der Waals surface area contributed by atoms with Gasteiger partial charge in [-0.05, 0) is 12.1 Å². The summed E-state index contributed by atoms with van der Waals surface area (Å²) >= 11 is 0. The third-order valence-corrected chi connectivity index (χ3v) is 1.62. The SMILES string of the molecule is OCCC(F)COc1ccccc1. The maximum Gasteiger partial charge on any atom is 0.136 e. The molecule has 1 atom stereocenters. The van der Waals surface area contributed by atoms with E-state index in [4.69, 9.17) is 9.84 Å². The van der Waals surface area contributed by atoms with Crippen LogP contribution in [0.4, 0.5) is 4.39 Å². The number of halogens is 1.